The Labute approximate surface area is 159 Å². The summed E-state index contributed by atoms with van der Waals surface area (Å²) in [7, 11) is -2.19. The van der Waals surface area contributed by atoms with Crippen LogP contribution in [0.15, 0.2) is 52.0 Å². The van der Waals surface area contributed by atoms with Gasteiger partial charge in [-0.15, -0.1) is 0 Å². The predicted molar refractivity (Wildman–Crippen MR) is 101 cm³/mol. The molecule has 0 aliphatic heterocycles. The third kappa shape index (κ3) is 5.51. The minimum atomic E-state index is -3.66. The molecular weight excluding hydrogens is 368 g/mol. The number of sulfonamides is 1. The van der Waals surface area contributed by atoms with Gasteiger partial charge in [-0.1, -0.05) is 12.1 Å². The van der Waals surface area contributed by atoms with Crippen LogP contribution in [0.5, 0.6) is 0 Å². The Morgan fingerprint density at radius 1 is 1.19 bits per heavy atom. The van der Waals surface area contributed by atoms with Gasteiger partial charge < -0.3 is 9.73 Å². The van der Waals surface area contributed by atoms with Crippen molar-refractivity contribution in [2.75, 3.05) is 13.6 Å². The second-order valence-corrected chi connectivity index (χ2v) is 8.36. The van der Waals surface area contributed by atoms with E-state index in [9.17, 15) is 18.0 Å². The number of hydrogen-bond donors (Lipinski definition) is 1. The van der Waals surface area contributed by atoms with Gasteiger partial charge in [0.2, 0.25) is 15.9 Å². The molecule has 1 atom stereocenters. The third-order valence-corrected chi connectivity index (χ3v) is 6.06. The smallest absolute Gasteiger partial charge is 0.242 e. The first kappa shape index (κ1) is 20.9. The van der Waals surface area contributed by atoms with E-state index in [0.29, 0.717) is 17.7 Å². The number of ketones is 1. The predicted octanol–water partition coefficient (Wildman–Crippen LogP) is 2.76. The van der Waals surface area contributed by atoms with E-state index in [1.165, 1.54) is 42.5 Å². The van der Waals surface area contributed by atoms with Crippen molar-refractivity contribution >= 4 is 21.7 Å². The number of carbonyl (C=O) groups is 2. The summed E-state index contributed by atoms with van der Waals surface area (Å²) in [6, 6.07) is 9.11. The normalized spacial score (nSPS) is 12.7. The summed E-state index contributed by atoms with van der Waals surface area (Å²) in [5, 5.41) is 2.81. The van der Waals surface area contributed by atoms with Gasteiger partial charge in [-0.25, -0.2) is 12.7 Å². The Kier molecular flexibility index (Phi) is 6.92. The molecule has 0 radical (unpaired) electrons. The molecule has 1 heterocycles. The molecule has 0 saturated carbocycles. The Bertz CT molecular complexity index is 873. The maximum Gasteiger partial charge on any atom is 0.242 e. The quantitative estimate of drug-likeness (QED) is 0.662. The van der Waals surface area contributed by atoms with Crippen LogP contribution in [-0.4, -0.2) is 38.0 Å². The van der Waals surface area contributed by atoms with Crippen LogP contribution in [0, 0.1) is 0 Å². The van der Waals surface area contributed by atoms with Gasteiger partial charge in [0.25, 0.3) is 0 Å². The second-order valence-electron chi connectivity index (χ2n) is 6.32. The van der Waals surface area contributed by atoms with Crippen LogP contribution < -0.4 is 5.32 Å². The fraction of sp³-hybridized carbons (Fsp3) is 0.368. The number of benzene rings is 1. The van der Waals surface area contributed by atoms with Crippen LogP contribution >= 0.6 is 0 Å². The summed E-state index contributed by atoms with van der Waals surface area (Å²) in [6.45, 7) is 3.45. The fourth-order valence-electron chi connectivity index (χ4n) is 2.55. The van der Waals surface area contributed by atoms with Crippen LogP contribution in [0.2, 0.25) is 0 Å². The van der Waals surface area contributed by atoms with Crippen LogP contribution in [0.4, 0.5) is 0 Å². The molecule has 146 valence electrons. The minimum absolute atomic E-state index is 0.117. The van der Waals surface area contributed by atoms with E-state index < -0.39 is 10.0 Å². The largest absolute Gasteiger partial charge is 0.467 e. The Hall–Kier alpha value is -2.45. The van der Waals surface area contributed by atoms with Crippen molar-refractivity contribution in [3.05, 3.63) is 54.0 Å². The Morgan fingerprint density at radius 3 is 2.41 bits per heavy atom. The van der Waals surface area contributed by atoms with Crippen molar-refractivity contribution in [2.24, 2.45) is 0 Å². The van der Waals surface area contributed by atoms with Gasteiger partial charge in [-0.2, -0.15) is 0 Å². The number of nitrogens with zero attached hydrogens (tertiary/aromatic N) is 1. The number of amides is 1. The van der Waals surface area contributed by atoms with Gasteiger partial charge in [0.05, 0.1) is 17.2 Å². The molecule has 8 heteroatoms. The summed E-state index contributed by atoms with van der Waals surface area (Å²) >= 11 is 0. The van der Waals surface area contributed by atoms with Gasteiger partial charge in [0.1, 0.15) is 5.76 Å². The number of Topliss-reactive ketones (excluding diaryl/α,β-unsaturated/α-hetero) is 1. The van der Waals surface area contributed by atoms with E-state index in [1.807, 2.05) is 6.92 Å². The molecule has 0 bridgehead atoms. The molecule has 0 saturated heterocycles. The van der Waals surface area contributed by atoms with Crippen LogP contribution in [0.3, 0.4) is 0 Å². The first-order chi connectivity index (χ1) is 12.7. The highest BCUT2D eigenvalue weighted by Crippen LogP contribution is 2.16. The summed E-state index contributed by atoms with van der Waals surface area (Å²) in [5.74, 6) is 0.370. The van der Waals surface area contributed by atoms with Gasteiger partial charge >= 0.3 is 0 Å². The van der Waals surface area contributed by atoms with Crippen molar-refractivity contribution in [1.82, 2.24) is 9.62 Å². The van der Waals surface area contributed by atoms with E-state index in [4.69, 9.17) is 4.42 Å². The maximum absolute atomic E-state index is 12.6. The molecule has 0 fully saturated rings. The minimum Gasteiger partial charge on any atom is -0.467 e. The van der Waals surface area contributed by atoms with Gasteiger partial charge in [0, 0.05) is 25.6 Å². The Balaban J connectivity index is 1.85. The number of carbonyl (C=O) groups excluding carboxylic acids is 2. The zero-order chi connectivity index (χ0) is 20.0. The topological polar surface area (TPSA) is 96.7 Å². The lowest BCUT2D eigenvalue weighted by Gasteiger charge is -2.17. The standard InChI is InChI=1S/C19H24N2O5S/c1-14(18-6-5-13-26-18)20-19(23)7-4-12-21(3)27(24,25)17-10-8-16(9-11-17)15(2)22/h5-6,8-11,13-14H,4,7,12H2,1-3H3,(H,20,23)/t14-/m1/s1. The second kappa shape index (κ2) is 8.96. The van der Waals surface area contributed by atoms with E-state index in [1.54, 1.807) is 18.4 Å². The molecule has 27 heavy (non-hydrogen) atoms. The zero-order valence-electron chi connectivity index (χ0n) is 15.6. The van der Waals surface area contributed by atoms with Crippen molar-refractivity contribution in [2.45, 2.75) is 37.6 Å². The molecule has 1 N–H and O–H groups in total. The molecule has 2 aromatic rings. The summed E-state index contributed by atoms with van der Waals surface area (Å²) in [5.41, 5.74) is 0.457. The third-order valence-electron chi connectivity index (χ3n) is 4.19. The molecule has 1 amide bonds. The van der Waals surface area contributed by atoms with E-state index in [2.05, 4.69) is 5.32 Å². The van der Waals surface area contributed by atoms with E-state index in [-0.39, 0.29) is 35.6 Å². The SMILES string of the molecule is CC(=O)c1ccc(S(=O)(=O)N(C)CCCC(=O)N[C@H](C)c2ccco2)cc1. The lowest BCUT2D eigenvalue weighted by molar-refractivity contribution is -0.122. The highest BCUT2D eigenvalue weighted by Gasteiger charge is 2.21. The van der Waals surface area contributed by atoms with E-state index >= 15 is 0 Å². The molecule has 7 nitrogen and oxygen atoms in total. The molecule has 2 rings (SSSR count). The number of hydrogen-bond acceptors (Lipinski definition) is 5. The number of furan rings is 1. The lowest BCUT2D eigenvalue weighted by atomic mass is 10.2. The number of rotatable bonds is 9. The first-order valence-electron chi connectivity index (χ1n) is 8.62. The molecule has 0 aliphatic carbocycles. The molecule has 0 unspecified atom stereocenters. The summed E-state index contributed by atoms with van der Waals surface area (Å²) < 4.78 is 31.5. The molecule has 1 aromatic carbocycles. The molecule has 1 aromatic heterocycles. The molecule has 0 spiro atoms. The van der Waals surface area contributed by atoms with Gasteiger partial charge in [0.15, 0.2) is 5.78 Å². The van der Waals surface area contributed by atoms with Crippen LogP contribution in [-0.2, 0) is 14.8 Å². The first-order valence-corrected chi connectivity index (χ1v) is 10.1. The fourth-order valence-corrected chi connectivity index (χ4v) is 3.76. The van der Waals surface area contributed by atoms with Crippen molar-refractivity contribution in [3.63, 3.8) is 0 Å². The molecular formula is C19H24N2O5S. The van der Waals surface area contributed by atoms with Crippen molar-refractivity contribution in [1.29, 1.82) is 0 Å². The lowest BCUT2D eigenvalue weighted by Crippen LogP contribution is -2.30. The van der Waals surface area contributed by atoms with Gasteiger partial charge in [-0.05, 0) is 44.5 Å². The Morgan fingerprint density at radius 2 is 1.85 bits per heavy atom. The number of nitrogens with one attached hydrogen (secondary N) is 1. The summed E-state index contributed by atoms with van der Waals surface area (Å²) in [6.07, 6.45) is 2.13. The van der Waals surface area contributed by atoms with Crippen molar-refractivity contribution < 1.29 is 22.4 Å². The average Bonchev–Trinajstić information content (AvgIpc) is 3.16. The van der Waals surface area contributed by atoms with E-state index in [0.717, 1.165) is 0 Å². The van der Waals surface area contributed by atoms with Gasteiger partial charge in [-0.3, -0.25) is 9.59 Å². The highest BCUT2D eigenvalue weighted by atomic mass is 32.2. The highest BCUT2D eigenvalue weighted by molar-refractivity contribution is 7.89. The van der Waals surface area contributed by atoms with Crippen molar-refractivity contribution in [3.8, 4) is 0 Å². The molecule has 0 aliphatic rings. The monoisotopic (exact) mass is 392 g/mol. The van der Waals surface area contributed by atoms with Crippen LogP contribution in [0.1, 0.15) is 48.8 Å². The summed E-state index contributed by atoms with van der Waals surface area (Å²) in [4.78, 5) is 23.4. The maximum atomic E-state index is 12.6. The average molecular weight is 392 g/mol. The zero-order valence-corrected chi connectivity index (χ0v) is 16.5. The van der Waals surface area contributed by atoms with Crippen LogP contribution in [0.25, 0.3) is 0 Å².